The fraction of sp³-hybridized carbons (Fsp3) is 0.636. The van der Waals surface area contributed by atoms with Crippen molar-refractivity contribution in [2.45, 2.75) is 207 Å². The highest BCUT2D eigenvalue weighted by Gasteiger charge is 2.17. The molecule has 0 N–H and O–H groups in total. The third-order valence-electron chi connectivity index (χ3n) is 9.74. The van der Waals surface area contributed by atoms with E-state index in [-0.39, 0.29) is 25.2 Å². The third-order valence-corrected chi connectivity index (χ3v) is 9.74. The van der Waals surface area contributed by atoms with Crippen molar-refractivity contribution in [1.82, 2.24) is 0 Å². The second-order valence-electron chi connectivity index (χ2n) is 15.6. The van der Waals surface area contributed by atoms with Gasteiger partial charge in [0.15, 0.2) is 6.10 Å². The zero-order valence-corrected chi connectivity index (χ0v) is 38.9. The van der Waals surface area contributed by atoms with Crippen molar-refractivity contribution in [3.8, 4) is 0 Å². The maximum atomic E-state index is 12.7. The van der Waals surface area contributed by atoms with Crippen LogP contribution in [-0.4, -0.2) is 37.9 Å². The van der Waals surface area contributed by atoms with Gasteiger partial charge in [0.05, 0.1) is 6.61 Å². The molecule has 0 aliphatic rings. The second-order valence-corrected chi connectivity index (χ2v) is 15.6. The molecule has 1 atom stereocenters. The van der Waals surface area contributed by atoms with Crippen molar-refractivity contribution in [1.29, 1.82) is 0 Å². The Labute approximate surface area is 370 Å². The van der Waals surface area contributed by atoms with Gasteiger partial charge in [0.25, 0.3) is 0 Å². The van der Waals surface area contributed by atoms with E-state index in [0.717, 1.165) is 116 Å². The van der Waals surface area contributed by atoms with Crippen LogP contribution in [0, 0.1) is 0 Å². The first-order valence-electron chi connectivity index (χ1n) is 24.4. The van der Waals surface area contributed by atoms with Gasteiger partial charge in [-0.2, -0.15) is 0 Å². The summed E-state index contributed by atoms with van der Waals surface area (Å²) in [5.74, 6) is -0.466. The highest BCUT2D eigenvalue weighted by Crippen LogP contribution is 2.12. The molecule has 0 bridgehead atoms. The first-order chi connectivity index (χ1) is 29.6. The SMILES string of the molecule is CC/C=C\C/C=C\C/C=C\C/C=C\C/C=C\C/C=C\CCCOCC(COC(=O)CCCCCCC/C=C\C/C=C\CCC)OC(=O)CCCCCCC/C=C\CCCC. The molecule has 5 heteroatoms. The molecule has 0 aromatic rings. The summed E-state index contributed by atoms with van der Waals surface area (Å²) in [6.07, 6.45) is 68.2. The molecule has 0 amide bonds. The van der Waals surface area contributed by atoms with Gasteiger partial charge >= 0.3 is 11.9 Å². The Morgan fingerprint density at radius 3 is 1.28 bits per heavy atom. The Balaban J connectivity index is 4.39. The summed E-state index contributed by atoms with van der Waals surface area (Å²) in [5.41, 5.74) is 0. The molecule has 0 aromatic carbocycles. The normalized spacial score (nSPS) is 13.2. The fourth-order valence-corrected chi connectivity index (χ4v) is 6.13. The van der Waals surface area contributed by atoms with E-state index in [1.807, 2.05) is 0 Å². The standard InChI is InChI=1S/C55H90O5/c1-4-7-10-13-16-19-22-24-25-26-27-28-29-30-32-35-38-41-44-47-50-58-51-53(60-55(57)49-46-43-40-37-33-21-18-15-12-9-6-3)52-59-54(56)48-45-42-39-36-34-31-23-20-17-14-11-8-5-2/h7,10-11,14-16,18-20,23-25,27-28,30,32,38,41,53H,4-6,8-9,12-13,17,21-22,26,29,31,33-37,39-40,42-52H2,1-3H3/b10-7-,14-11-,18-15-,19-16-,23-20-,25-24-,28-27-,32-30-,41-38-. The summed E-state index contributed by atoms with van der Waals surface area (Å²) in [7, 11) is 0. The molecule has 0 rings (SSSR count). The van der Waals surface area contributed by atoms with E-state index in [9.17, 15) is 9.59 Å². The summed E-state index contributed by atoms with van der Waals surface area (Å²) >= 11 is 0. The van der Waals surface area contributed by atoms with Gasteiger partial charge in [-0.3, -0.25) is 9.59 Å². The van der Waals surface area contributed by atoms with E-state index in [2.05, 4.69) is 130 Å². The molecule has 0 heterocycles. The van der Waals surface area contributed by atoms with Crippen LogP contribution in [0.5, 0.6) is 0 Å². The van der Waals surface area contributed by atoms with Crippen LogP contribution in [0.3, 0.4) is 0 Å². The van der Waals surface area contributed by atoms with Gasteiger partial charge in [-0.15, -0.1) is 0 Å². The molecule has 0 radical (unpaired) electrons. The van der Waals surface area contributed by atoms with Crippen LogP contribution in [0.2, 0.25) is 0 Å². The van der Waals surface area contributed by atoms with Crippen molar-refractivity contribution in [2.75, 3.05) is 19.8 Å². The minimum absolute atomic E-state index is 0.0451. The minimum Gasteiger partial charge on any atom is -0.462 e. The van der Waals surface area contributed by atoms with Crippen molar-refractivity contribution in [3.05, 3.63) is 109 Å². The largest absolute Gasteiger partial charge is 0.462 e. The number of unbranched alkanes of at least 4 members (excludes halogenated alkanes) is 14. The number of rotatable bonds is 43. The summed E-state index contributed by atoms with van der Waals surface area (Å²) in [6.45, 7) is 7.43. The average Bonchev–Trinajstić information content (AvgIpc) is 3.25. The number of esters is 2. The van der Waals surface area contributed by atoms with Crippen LogP contribution in [0.4, 0.5) is 0 Å². The summed E-state index contributed by atoms with van der Waals surface area (Å²) < 4.78 is 17.3. The van der Waals surface area contributed by atoms with Gasteiger partial charge in [0, 0.05) is 19.4 Å². The first kappa shape index (κ1) is 56.6. The number of allylic oxidation sites excluding steroid dienone is 18. The van der Waals surface area contributed by atoms with Crippen LogP contribution in [0.25, 0.3) is 0 Å². The molecular formula is C55H90O5. The Morgan fingerprint density at radius 1 is 0.383 bits per heavy atom. The van der Waals surface area contributed by atoms with Crippen molar-refractivity contribution in [2.24, 2.45) is 0 Å². The Morgan fingerprint density at radius 2 is 0.783 bits per heavy atom. The Bertz CT molecular complexity index is 1210. The van der Waals surface area contributed by atoms with E-state index >= 15 is 0 Å². The number of carbonyl (C=O) groups excluding carboxylic acids is 2. The molecular weight excluding hydrogens is 741 g/mol. The molecule has 0 aliphatic heterocycles. The van der Waals surface area contributed by atoms with Crippen LogP contribution >= 0.6 is 0 Å². The monoisotopic (exact) mass is 831 g/mol. The van der Waals surface area contributed by atoms with E-state index in [1.54, 1.807) is 0 Å². The highest BCUT2D eigenvalue weighted by atomic mass is 16.6. The molecule has 0 saturated heterocycles. The predicted octanol–water partition coefficient (Wildman–Crippen LogP) is 16.4. The van der Waals surface area contributed by atoms with Gasteiger partial charge in [0.1, 0.15) is 6.61 Å². The third kappa shape index (κ3) is 47.2. The van der Waals surface area contributed by atoms with Gasteiger partial charge in [0.2, 0.25) is 0 Å². The quantitative estimate of drug-likeness (QED) is 0.0348. The van der Waals surface area contributed by atoms with Gasteiger partial charge < -0.3 is 14.2 Å². The molecule has 340 valence electrons. The smallest absolute Gasteiger partial charge is 0.306 e. The van der Waals surface area contributed by atoms with Crippen molar-refractivity contribution in [3.63, 3.8) is 0 Å². The lowest BCUT2D eigenvalue weighted by Gasteiger charge is -2.18. The lowest BCUT2D eigenvalue weighted by Crippen LogP contribution is -2.30. The second kappa shape index (κ2) is 49.9. The number of ether oxygens (including phenoxy) is 3. The van der Waals surface area contributed by atoms with E-state index < -0.39 is 6.10 Å². The van der Waals surface area contributed by atoms with Crippen LogP contribution in [0.1, 0.15) is 201 Å². The maximum absolute atomic E-state index is 12.7. The minimum atomic E-state index is -0.581. The first-order valence-corrected chi connectivity index (χ1v) is 24.4. The fourth-order valence-electron chi connectivity index (χ4n) is 6.13. The lowest BCUT2D eigenvalue weighted by molar-refractivity contribution is -0.163. The molecule has 0 aromatic heterocycles. The molecule has 0 fully saturated rings. The number of hydrogen-bond acceptors (Lipinski definition) is 5. The molecule has 60 heavy (non-hydrogen) atoms. The summed E-state index contributed by atoms with van der Waals surface area (Å²) in [5, 5.41) is 0. The Hall–Kier alpha value is -3.44. The van der Waals surface area contributed by atoms with Crippen molar-refractivity contribution >= 4 is 11.9 Å². The highest BCUT2D eigenvalue weighted by molar-refractivity contribution is 5.70. The van der Waals surface area contributed by atoms with Crippen molar-refractivity contribution < 1.29 is 23.8 Å². The van der Waals surface area contributed by atoms with Crippen LogP contribution in [-0.2, 0) is 23.8 Å². The molecule has 0 aliphatic carbocycles. The summed E-state index contributed by atoms with van der Waals surface area (Å²) in [6, 6.07) is 0. The predicted molar refractivity (Wildman–Crippen MR) is 260 cm³/mol. The van der Waals surface area contributed by atoms with E-state index in [1.165, 1.54) is 51.4 Å². The van der Waals surface area contributed by atoms with Crippen LogP contribution in [0.15, 0.2) is 109 Å². The van der Waals surface area contributed by atoms with Gasteiger partial charge in [-0.1, -0.05) is 188 Å². The van der Waals surface area contributed by atoms with E-state index in [4.69, 9.17) is 14.2 Å². The zero-order valence-electron chi connectivity index (χ0n) is 38.9. The van der Waals surface area contributed by atoms with E-state index in [0.29, 0.717) is 19.4 Å². The van der Waals surface area contributed by atoms with Crippen LogP contribution < -0.4 is 0 Å². The molecule has 0 spiro atoms. The zero-order chi connectivity index (χ0) is 43.5. The molecule has 0 saturated carbocycles. The number of carbonyl (C=O) groups is 2. The van der Waals surface area contributed by atoms with Gasteiger partial charge in [-0.25, -0.2) is 0 Å². The summed E-state index contributed by atoms with van der Waals surface area (Å²) in [4.78, 5) is 25.3. The molecule has 5 nitrogen and oxygen atoms in total. The maximum Gasteiger partial charge on any atom is 0.306 e. The average molecular weight is 831 g/mol. The number of hydrogen-bond donors (Lipinski definition) is 0. The lowest BCUT2D eigenvalue weighted by atomic mass is 10.1. The Kier molecular flexibility index (Phi) is 47.1. The molecule has 1 unspecified atom stereocenters. The topological polar surface area (TPSA) is 61.8 Å². The van der Waals surface area contributed by atoms with Gasteiger partial charge in [-0.05, 0) is 109 Å².